The minimum Gasteiger partial charge on any atom is -0.481 e. The van der Waals surface area contributed by atoms with E-state index in [0.717, 1.165) is 11.3 Å². The van der Waals surface area contributed by atoms with Gasteiger partial charge < -0.3 is 4.74 Å². The molecule has 0 spiro atoms. The summed E-state index contributed by atoms with van der Waals surface area (Å²) in [6, 6.07) is 0. The zero-order valence-corrected chi connectivity index (χ0v) is 8.71. The maximum atomic E-state index is 10.8. The first kappa shape index (κ1) is 10.4. The van der Waals surface area contributed by atoms with Crippen LogP contribution >= 0.6 is 0 Å². The number of hydrogen-bond acceptors (Lipinski definition) is 4. The van der Waals surface area contributed by atoms with E-state index < -0.39 is 0 Å². The first-order valence-electron chi connectivity index (χ1n) is 4.21. The van der Waals surface area contributed by atoms with Gasteiger partial charge >= 0.3 is 0 Å². The molecule has 1 N–H and O–H groups in total. The third kappa shape index (κ3) is 2.18. The lowest BCUT2D eigenvalue weighted by atomic mass is 10.2. The highest BCUT2D eigenvalue weighted by Gasteiger charge is 2.08. The van der Waals surface area contributed by atoms with E-state index in [9.17, 15) is 4.79 Å². The van der Waals surface area contributed by atoms with Crippen molar-refractivity contribution in [3.8, 4) is 5.88 Å². The normalized spacial score (nSPS) is 9.71. The van der Waals surface area contributed by atoms with Crippen LogP contribution in [0.5, 0.6) is 5.88 Å². The number of nitrogens with one attached hydrogen (secondary N) is 1. The maximum Gasteiger partial charge on any atom is 0.232 e. The van der Waals surface area contributed by atoms with Crippen molar-refractivity contribution in [1.82, 2.24) is 9.97 Å². The average Bonchev–Trinajstić information content (AvgIpc) is 2.10. The smallest absolute Gasteiger partial charge is 0.232 e. The molecule has 76 valence electrons. The number of amides is 1. The maximum absolute atomic E-state index is 10.8. The summed E-state index contributed by atoms with van der Waals surface area (Å²) >= 11 is 0. The van der Waals surface area contributed by atoms with E-state index in [0.29, 0.717) is 5.88 Å². The molecule has 1 amide bonds. The SMILES string of the molecule is COc1nc(NC(C)=O)nc(C)c1C. The Labute approximate surface area is 82.5 Å². The number of carbonyl (C=O) groups excluding carboxylic acids is 1. The standard InChI is InChI=1S/C9H13N3O2/c1-5-6(2)10-9(11-7(3)13)12-8(5)14-4/h1-4H3,(H,10,11,12,13). The minimum atomic E-state index is -0.199. The van der Waals surface area contributed by atoms with Crippen LogP contribution in [-0.2, 0) is 4.79 Å². The third-order valence-corrected chi connectivity index (χ3v) is 1.83. The molecule has 1 heterocycles. The molecule has 0 aliphatic heterocycles. The lowest BCUT2D eigenvalue weighted by Crippen LogP contribution is -2.11. The van der Waals surface area contributed by atoms with E-state index in [1.54, 1.807) is 0 Å². The van der Waals surface area contributed by atoms with Crippen LogP contribution < -0.4 is 10.1 Å². The zero-order valence-electron chi connectivity index (χ0n) is 8.71. The summed E-state index contributed by atoms with van der Waals surface area (Å²) in [5, 5.41) is 2.51. The summed E-state index contributed by atoms with van der Waals surface area (Å²) < 4.78 is 5.05. The van der Waals surface area contributed by atoms with Crippen LogP contribution in [-0.4, -0.2) is 23.0 Å². The topological polar surface area (TPSA) is 64.1 Å². The Kier molecular flexibility index (Phi) is 3.01. The summed E-state index contributed by atoms with van der Waals surface area (Å²) in [4.78, 5) is 18.9. The van der Waals surface area contributed by atoms with Crippen molar-refractivity contribution in [3.05, 3.63) is 11.3 Å². The van der Waals surface area contributed by atoms with Gasteiger partial charge in [0.05, 0.1) is 7.11 Å². The Morgan fingerprint density at radius 1 is 1.36 bits per heavy atom. The molecule has 5 heteroatoms. The third-order valence-electron chi connectivity index (χ3n) is 1.83. The first-order valence-corrected chi connectivity index (χ1v) is 4.21. The van der Waals surface area contributed by atoms with E-state index >= 15 is 0 Å². The van der Waals surface area contributed by atoms with E-state index in [-0.39, 0.29) is 11.9 Å². The molecule has 14 heavy (non-hydrogen) atoms. The summed E-state index contributed by atoms with van der Waals surface area (Å²) in [6.07, 6.45) is 0. The van der Waals surface area contributed by atoms with Crippen LogP contribution in [0.3, 0.4) is 0 Å². The van der Waals surface area contributed by atoms with Crippen molar-refractivity contribution in [2.45, 2.75) is 20.8 Å². The molecule has 0 unspecified atom stereocenters. The van der Waals surface area contributed by atoms with Crippen LogP contribution in [0.4, 0.5) is 5.95 Å². The number of hydrogen-bond donors (Lipinski definition) is 1. The van der Waals surface area contributed by atoms with Gasteiger partial charge in [-0.2, -0.15) is 4.98 Å². The summed E-state index contributed by atoms with van der Waals surface area (Å²) in [5.41, 5.74) is 1.67. The van der Waals surface area contributed by atoms with Gasteiger partial charge in [0.25, 0.3) is 0 Å². The second kappa shape index (κ2) is 4.04. The van der Waals surface area contributed by atoms with Crippen molar-refractivity contribution in [2.75, 3.05) is 12.4 Å². The highest BCUT2D eigenvalue weighted by molar-refractivity contribution is 5.86. The molecule has 5 nitrogen and oxygen atoms in total. The number of carbonyl (C=O) groups is 1. The van der Waals surface area contributed by atoms with Gasteiger partial charge in [-0.25, -0.2) is 4.98 Å². The van der Waals surface area contributed by atoms with E-state index in [1.807, 2.05) is 13.8 Å². The van der Waals surface area contributed by atoms with Crippen molar-refractivity contribution < 1.29 is 9.53 Å². The van der Waals surface area contributed by atoms with Crippen molar-refractivity contribution >= 4 is 11.9 Å². The quantitative estimate of drug-likeness (QED) is 0.766. The van der Waals surface area contributed by atoms with Gasteiger partial charge in [-0.1, -0.05) is 0 Å². The van der Waals surface area contributed by atoms with Crippen LogP contribution in [0.2, 0.25) is 0 Å². The highest BCUT2D eigenvalue weighted by atomic mass is 16.5. The number of ether oxygens (including phenoxy) is 1. The van der Waals surface area contributed by atoms with E-state index in [1.165, 1.54) is 14.0 Å². The number of nitrogens with zero attached hydrogens (tertiary/aromatic N) is 2. The second-order valence-corrected chi connectivity index (χ2v) is 2.95. The number of rotatable bonds is 2. The molecule has 0 fully saturated rings. The lowest BCUT2D eigenvalue weighted by molar-refractivity contribution is -0.114. The fourth-order valence-corrected chi connectivity index (χ4v) is 1.01. The molecule has 0 saturated heterocycles. The Bertz CT molecular complexity index is 363. The summed E-state index contributed by atoms with van der Waals surface area (Å²) in [5.74, 6) is 0.564. The van der Waals surface area contributed by atoms with E-state index in [2.05, 4.69) is 15.3 Å². The molecule has 1 aromatic heterocycles. The van der Waals surface area contributed by atoms with Crippen molar-refractivity contribution in [1.29, 1.82) is 0 Å². The number of methoxy groups -OCH3 is 1. The molecule has 0 saturated carbocycles. The Morgan fingerprint density at radius 2 is 2.00 bits per heavy atom. The van der Waals surface area contributed by atoms with E-state index in [4.69, 9.17) is 4.74 Å². The van der Waals surface area contributed by atoms with Crippen molar-refractivity contribution in [2.24, 2.45) is 0 Å². The van der Waals surface area contributed by atoms with Crippen molar-refractivity contribution in [3.63, 3.8) is 0 Å². The number of anilines is 1. The van der Waals surface area contributed by atoms with Crippen LogP contribution in [0.1, 0.15) is 18.2 Å². The Hall–Kier alpha value is -1.65. The molecule has 0 bridgehead atoms. The Morgan fingerprint density at radius 3 is 2.50 bits per heavy atom. The molecule has 0 atom stereocenters. The van der Waals surface area contributed by atoms with Gasteiger partial charge in [0.1, 0.15) is 0 Å². The molecule has 1 aromatic rings. The van der Waals surface area contributed by atoms with Crippen LogP contribution in [0.25, 0.3) is 0 Å². The number of aromatic nitrogens is 2. The largest absolute Gasteiger partial charge is 0.481 e. The van der Waals surface area contributed by atoms with Gasteiger partial charge in [-0.3, -0.25) is 10.1 Å². The Balaban J connectivity index is 3.09. The number of aryl methyl sites for hydroxylation is 1. The monoisotopic (exact) mass is 195 g/mol. The molecule has 0 radical (unpaired) electrons. The summed E-state index contributed by atoms with van der Waals surface area (Å²) in [7, 11) is 1.53. The van der Waals surface area contributed by atoms with Gasteiger partial charge in [0.2, 0.25) is 17.7 Å². The molecule has 0 aromatic carbocycles. The first-order chi connectivity index (χ1) is 6.54. The van der Waals surface area contributed by atoms with Crippen LogP contribution in [0, 0.1) is 13.8 Å². The van der Waals surface area contributed by atoms with Gasteiger partial charge in [0, 0.05) is 18.2 Å². The average molecular weight is 195 g/mol. The van der Waals surface area contributed by atoms with Gasteiger partial charge in [0.15, 0.2) is 0 Å². The molecular formula is C9H13N3O2. The zero-order chi connectivity index (χ0) is 10.7. The fourth-order valence-electron chi connectivity index (χ4n) is 1.01. The second-order valence-electron chi connectivity index (χ2n) is 2.95. The summed E-state index contributed by atoms with van der Waals surface area (Å²) in [6.45, 7) is 5.11. The molecule has 1 rings (SSSR count). The predicted molar refractivity (Wildman–Crippen MR) is 52.4 cm³/mol. The minimum absolute atomic E-state index is 0.199. The van der Waals surface area contributed by atoms with Gasteiger partial charge in [-0.05, 0) is 13.8 Å². The van der Waals surface area contributed by atoms with Gasteiger partial charge in [-0.15, -0.1) is 0 Å². The lowest BCUT2D eigenvalue weighted by Gasteiger charge is -2.08. The predicted octanol–water partition coefficient (Wildman–Crippen LogP) is 1.06. The fraction of sp³-hybridized carbons (Fsp3) is 0.444. The highest BCUT2D eigenvalue weighted by Crippen LogP contribution is 2.18. The van der Waals surface area contributed by atoms with Crippen LogP contribution in [0.15, 0.2) is 0 Å². The molecule has 0 aliphatic rings. The molecular weight excluding hydrogens is 182 g/mol. The molecule has 0 aliphatic carbocycles.